The molecule has 25 heavy (non-hydrogen) atoms. The number of carbonyl (C=O) groups excluding carboxylic acids is 1. The van der Waals surface area contributed by atoms with Crippen LogP contribution in [-0.4, -0.2) is 25.3 Å². The molecule has 0 saturated carbocycles. The number of ether oxygens (including phenoxy) is 2. The van der Waals surface area contributed by atoms with E-state index in [1.807, 2.05) is 42.5 Å². The molecule has 0 radical (unpaired) electrons. The second-order valence-electron chi connectivity index (χ2n) is 5.02. The van der Waals surface area contributed by atoms with Crippen LogP contribution in [0.2, 0.25) is 0 Å². The summed E-state index contributed by atoms with van der Waals surface area (Å²) in [5.74, 6) is 1.00. The van der Waals surface area contributed by atoms with Gasteiger partial charge in [-0.3, -0.25) is 4.79 Å². The van der Waals surface area contributed by atoms with Crippen LogP contribution in [-0.2, 0) is 4.79 Å². The molecule has 0 aromatic heterocycles. The molecule has 1 aliphatic heterocycles. The number of nitrogens with zero attached hydrogens (tertiary/aromatic N) is 1. The second kappa shape index (κ2) is 7.76. The fourth-order valence-corrected chi connectivity index (χ4v) is 3.50. The van der Waals surface area contributed by atoms with Crippen molar-refractivity contribution in [1.82, 2.24) is 5.32 Å². The minimum atomic E-state index is -0.194. The predicted octanol–water partition coefficient (Wildman–Crippen LogP) is 4.36. The van der Waals surface area contributed by atoms with Crippen LogP contribution in [0.3, 0.4) is 0 Å². The normalized spacial score (nSPS) is 17.0. The summed E-state index contributed by atoms with van der Waals surface area (Å²) >= 11 is 4.73. The molecular weight excluding hydrogens is 404 g/mol. The Morgan fingerprint density at radius 3 is 2.64 bits per heavy atom. The SMILES string of the molecule is COc1cccc(/C=C2/SC(=Nc3ccccc3Br)NC2=O)c1OC. The highest BCUT2D eigenvalue weighted by molar-refractivity contribution is 9.10. The first-order valence-electron chi connectivity index (χ1n) is 7.37. The van der Waals surface area contributed by atoms with E-state index in [-0.39, 0.29) is 5.91 Å². The van der Waals surface area contributed by atoms with Crippen molar-refractivity contribution in [3.05, 3.63) is 57.4 Å². The summed E-state index contributed by atoms with van der Waals surface area (Å²) in [6.45, 7) is 0. The average Bonchev–Trinajstić information content (AvgIpc) is 2.96. The Kier molecular flexibility index (Phi) is 5.45. The second-order valence-corrected chi connectivity index (χ2v) is 6.90. The minimum absolute atomic E-state index is 0.194. The van der Waals surface area contributed by atoms with E-state index >= 15 is 0 Å². The van der Waals surface area contributed by atoms with Gasteiger partial charge in [0.25, 0.3) is 5.91 Å². The first-order chi connectivity index (χ1) is 12.1. The van der Waals surface area contributed by atoms with E-state index in [9.17, 15) is 4.79 Å². The quantitative estimate of drug-likeness (QED) is 0.749. The zero-order chi connectivity index (χ0) is 17.8. The first-order valence-corrected chi connectivity index (χ1v) is 8.98. The molecule has 2 aromatic rings. The molecule has 0 bridgehead atoms. The molecule has 128 valence electrons. The van der Waals surface area contributed by atoms with Gasteiger partial charge >= 0.3 is 0 Å². The summed E-state index contributed by atoms with van der Waals surface area (Å²) in [4.78, 5) is 17.3. The first kappa shape index (κ1) is 17.6. The lowest BCUT2D eigenvalue weighted by Crippen LogP contribution is -2.19. The average molecular weight is 419 g/mol. The Bertz CT molecular complexity index is 880. The third kappa shape index (κ3) is 3.88. The Labute approximate surface area is 158 Å². The predicted molar refractivity (Wildman–Crippen MR) is 104 cm³/mol. The lowest BCUT2D eigenvalue weighted by Gasteiger charge is -2.10. The molecule has 2 aromatic carbocycles. The summed E-state index contributed by atoms with van der Waals surface area (Å²) in [6, 6.07) is 13.1. The summed E-state index contributed by atoms with van der Waals surface area (Å²) in [5, 5.41) is 3.31. The number of hydrogen-bond donors (Lipinski definition) is 1. The third-order valence-electron chi connectivity index (χ3n) is 3.45. The maximum absolute atomic E-state index is 12.3. The number of amidine groups is 1. The number of amides is 1. The van der Waals surface area contributed by atoms with Crippen LogP contribution in [0.25, 0.3) is 6.08 Å². The molecule has 5 nitrogen and oxygen atoms in total. The van der Waals surface area contributed by atoms with Gasteiger partial charge in [-0.25, -0.2) is 4.99 Å². The topological polar surface area (TPSA) is 59.9 Å². The van der Waals surface area contributed by atoms with E-state index in [0.717, 1.165) is 15.7 Å². The van der Waals surface area contributed by atoms with Crippen molar-refractivity contribution in [2.24, 2.45) is 4.99 Å². The molecule has 0 aliphatic carbocycles. The van der Waals surface area contributed by atoms with Crippen molar-refractivity contribution in [3.63, 3.8) is 0 Å². The fourth-order valence-electron chi connectivity index (χ4n) is 2.30. The number of hydrogen-bond acceptors (Lipinski definition) is 5. The highest BCUT2D eigenvalue weighted by atomic mass is 79.9. The van der Waals surface area contributed by atoms with E-state index in [1.54, 1.807) is 20.3 Å². The van der Waals surface area contributed by atoms with Gasteiger partial charge in [0.15, 0.2) is 16.7 Å². The highest BCUT2D eigenvalue weighted by Gasteiger charge is 2.24. The Balaban J connectivity index is 1.91. The monoisotopic (exact) mass is 418 g/mol. The molecule has 7 heteroatoms. The summed E-state index contributed by atoms with van der Waals surface area (Å²) in [7, 11) is 3.15. The van der Waals surface area contributed by atoms with Crippen molar-refractivity contribution >= 4 is 50.5 Å². The fraction of sp³-hybridized carbons (Fsp3) is 0.111. The maximum Gasteiger partial charge on any atom is 0.264 e. The molecule has 1 amide bonds. The molecular formula is C18H15BrN2O3S. The molecule has 0 atom stereocenters. The van der Waals surface area contributed by atoms with Crippen molar-refractivity contribution in [2.75, 3.05) is 14.2 Å². The van der Waals surface area contributed by atoms with Crippen molar-refractivity contribution < 1.29 is 14.3 Å². The van der Waals surface area contributed by atoms with E-state index in [1.165, 1.54) is 11.8 Å². The number of nitrogens with one attached hydrogen (secondary N) is 1. The summed E-state index contributed by atoms with van der Waals surface area (Å²) in [6.07, 6.45) is 1.77. The van der Waals surface area contributed by atoms with Gasteiger partial charge in [0.05, 0.1) is 24.8 Å². The maximum atomic E-state index is 12.3. The molecule has 0 spiro atoms. The van der Waals surface area contributed by atoms with Crippen LogP contribution in [0.1, 0.15) is 5.56 Å². The lowest BCUT2D eigenvalue weighted by molar-refractivity contribution is -0.115. The van der Waals surface area contributed by atoms with E-state index in [0.29, 0.717) is 21.6 Å². The Morgan fingerprint density at radius 1 is 1.12 bits per heavy atom. The lowest BCUT2D eigenvalue weighted by atomic mass is 10.1. The van der Waals surface area contributed by atoms with Gasteiger partial charge in [-0.15, -0.1) is 0 Å². The number of para-hydroxylation sites is 2. The van der Waals surface area contributed by atoms with Gasteiger partial charge in [-0.1, -0.05) is 24.3 Å². The van der Waals surface area contributed by atoms with Crippen molar-refractivity contribution in [1.29, 1.82) is 0 Å². The van der Waals surface area contributed by atoms with Gasteiger partial charge in [0.1, 0.15) is 0 Å². The molecule has 1 aliphatic rings. The molecule has 1 fully saturated rings. The van der Waals surface area contributed by atoms with Crippen LogP contribution >= 0.6 is 27.7 Å². The van der Waals surface area contributed by atoms with Crippen LogP contribution < -0.4 is 14.8 Å². The van der Waals surface area contributed by atoms with E-state index < -0.39 is 0 Å². The smallest absolute Gasteiger partial charge is 0.264 e. The largest absolute Gasteiger partial charge is 0.493 e. The molecule has 1 heterocycles. The number of benzene rings is 2. The summed E-state index contributed by atoms with van der Waals surface area (Å²) < 4.78 is 11.6. The highest BCUT2D eigenvalue weighted by Crippen LogP contribution is 2.35. The Hall–Kier alpha value is -2.25. The van der Waals surface area contributed by atoms with Gasteiger partial charge in [0, 0.05) is 10.0 Å². The number of carbonyl (C=O) groups is 1. The molecule has 0 unspecified atom stereocenters. The number of thioether (sulfide) groups is 1. The minimum Gasteiger partial charge on any atom is -0.493 e. The van der Waals surface area contributed by atoms with Gasteiger partial charge in [0.2, 0.25) is 0 Å². The number of aliphatic imine (C=N–C) groups is 1. The van der Waals surface area contributed by atoms with Crippen LogP contribution in [0, 0.1) is 0 Å². The molecule has 1 saturated heterocycles. The van der Waals surface area contributed by atoms with Crippen LogP contribution in [0.5, 0.6) is 11.5 Å². The zero-order valence-electron chi connectivity index (χ0n) is 13.6. The van der Waals surface area contributed by atoms with Gasteiger partial charge in [-0.05, 0) is 52.0 Å². The third-order valence-corrected chi connectivity index (χ3v) is 5.03. The zero-order valence-corrected chi connectivity index (χ0v) is 16.0. The number of halogens is 1. The van der Waals surface area contributed by atoms with Gasteiger partial charge in [-0.2, -0.15) is 0 Å². The standard InChI is InChI=1S/C18H15BrN2O3S/c1-23-14-9-5-6-11(16(14)24-2)10-15-17(22)21-18(25-15)20-13-8-4-3-7-12(13)19/h3-10H,1-2H3,(H,20,21,22)/b15-10+. The van der Waals surface area contributed by atoms with Crippen LogP contribution in [0.15, 0.2) is 56.8 Å². The van der Waals surface area contributed by atoms with Gasteiger partial charge < -0.3 is 14.8 Å². The molecule has 1 N–H and O–H groups in total. The summed E-state index contributed by atoms with van der Waals surface area (Å²) in [5.41, 5.74) is 1.52. The molecule has 3 rings (SSSR count). The van der Waals surface area contributed by atoms with Crippen molar-refractivity contribution in [3.8, 4) is 11.5 Å². The van der Waals surface area contributed by atoms with Crippen molar-refractivity contribution in [2.45, 2.75) is 0 Å². The van der Waals surface area contributed by atoms with E-state index in [4.69, 9.17) is 9.47 Å². The number of methoxy groups -OCH3 is 2. The number of rotatable bonds is 4. The Morgan fingerprint density at radius 2 is 1.92 bits per heavy atom. The van der Waals surface area contributed by atoms with Crippen LogP contribution in [0.4, 0.5) is 5.69 Å². The van der Waals surface area contributed by atoms with E-state index in [2.05, 4.69) is 26.2 Å².